The van der Waals surface area contributed by atoms with Crippen molar-refractivity contribution in [3.63, 3.8) is 0 Å². The van der Waals surface area contributed by atoms with Crippen LogP contribution in [0, 0.1) is 0 Å². The van der Waals surface area contributed by atoms with Crippen LogP contribution in [0.3, 0.4) is 0 Å². The fourth-order valence-corrected chi connectivity index (χ4v) is 2.01. The molecule has 21 heavy (non-hydrogen) atoms. The molecule has 0 saturated heterocycles. The number of allylic oxidation sites excluding steroid dienone is 2. The lowest BCUT2D eigenvalue weighted by molar-refractivity contribution is 0.291. The Morgan fingerprint density at radius 2 is 2.05 bits per heavy atom. The van der Waals surface area contributed by atoms with E-state index in [1.165, 1.54) is 13.3 Å². The van der Waals surface area contributed by atoms with Crippen molar-refractivity contribution in [1.82, 2.24) is 0 Å². The van der Waals surface area contributed by atoms with Crippen molar-refractivity contribution in [2.45, 2.75) is 25.9 Å². The van der Waals surface area contributed by atoms with Crippen LogP contribution in [0.15, 0.2) is 47.1 Å². The van der Waals surface area contributed by atoms with Crippen molar-refractivity contribution in [2.75, 3.05) is 7.11 Å². The average Bonchev–Trinajstić information content (AvgIpc) is 2.61. The molecule has 1 heterocycles. The number of nitrogens with zero attached hydrogens (tertiary/aromatic N) is 1. The van der Waals surface area contributed by atoms with Crippen LogP contribution in [0.4, 0.5) is 8.78 Å². The first-order chi connectivity index (χ1) is 10.1. The molecular formula is C16H17F2NO2. The van der Waals surface area contributed by atoms with E-state index in [4.69, 9.17) is 9.47 Å². The van der Waals surface area contributed by atoms with Crippen molar-refractivity contribution >= 4 is 6.21 Å². The van der Waals surface area contributed by atoms with Crippen LogP contribution in [-0.4, -0.2) is 19.4 Å². The molecule has 1 atom stereocenters. The van der Waals surface area contributed by atoms with Gasteiger partial charge in [0.2, 0.25) is 5.95 Å². The molecule has 0 aromatic heterocycles. The summed E-state index contributed by atoms with van der Waals surface area (Å²) in [5.74, 6) is -0.599. The van der Waals surface area contributed by atoms with Crippen LogP contribution >= 0.6 is 0 Å². The van der Waals surface area contributed by atoms with Crippen LogP contribution in [0.5, 0.6) is 11.5 Å². The summed E-state index contributed by atoms with van der Waals surface area (Å²) in [5.41, 5.74) is 1.13. The van der Waals surface area contributed by atoms with Gasteiger partial charge in [-0.3, -0.25) is 0 Å². The maximum Gasteiger partial charge on any atom is 0.215 e. The summed E-state index contributed by atoms with van der Waals surface area (Å²) in [6.45, 7) is 2.09. The van der Waals surface area contributed by atoms with E-state index in [2.05, 4.69) is 11.9 Å². The fourth-order valence-electron chi connectivity index (χ4n) is 2.01. The van der Waals surface area contributed by atoms with Gasteiger partial charge in [-0.2, -0.15) is 4.39 Å². The maximum atomic E-state index is 13.3. The molecule has 0 amide bonds. The number of hydrogen-bond donors (Lipinski definition) is 0. The predicted molar refractivity (Wildman–Crippen MR) is 78.3 cm³/mol. The Labute approximate surface area is 122 Å². The van der Waals surface area contributed by atoms with Gasteiger partial charge >= 0.3 is 0 Å². The van der Waals surface area contributed by atoms with Gasteiger partial charge in [0, 0.05) is 6.08 Å². The Balaban J connectivity index is 2.19. The second-order valence-electron chi connectivity index (χ2n) is 4.61. The smallest absolute Gasteiger partial charge is 0.215 e. The third-order valence-electron chi connectivity index (χ3n) is 2.96. The molecule has 1 aromatic rings. The summed E-state index contributed by atoms with van der Waals surface area (Å²) in [5, 5.41) is 0. The van der Waals surface area contributed by atoms with Crippen molar-refractivity contribution in [2.24, 2.45) is 4.99 Å². The zero-order chi connectivity index (χ0) is 15.2. The first-order valence-corrected chi connectivity index (χ1v) is 6.74. The van der Waals surface area contributed by atoms with Gasteiger partial charge in [-0.15, -0.1) is 0 Å². The van der Waals surface area contributed by atoms with Gasteiger partial charge < -0.3 is 9.47 Å². The van der Waals surface area contributed by atoms with Crippen molar-refractivity contribution in [1.29, 1.82) is 0 Å². The zero-order valence-electron chi connectivity index (χ0n) is 12.0. The van der Waals surface area contributed by atoms with Gasteiger partial charge in [-0.25, -0.2) is 9.38 Å². The molecule has 112 valence electrons. The van der Waals surface area contributed by atoms with Crippen LogP contribution in [0.25, 0.3) is 0 Å². The summed E-state index contributed by atoms with van der Waals surface area (Å²) in [7, 11) is 1.54. The number of aryl methyl sites for hydroxylation is 1. The minimum atomic E-state index is -0.889. The van der Waals surface area contributed by atoms with E-state index in [-0.39, 0.29) is 0 Å². The molecule has 0 saturated carbocycles. The van der Waals surface area contributed by atoms with Crippen LogP contribution in [0.1, 0.15) is 18.9 Å². The third-order valence-corrected chi connectivity index (χ3v) is 2.96. The lowest BCUT2D eigenvalue weighted by atomic mass is 10.1. The van der Waals surface area contributed by atoms with E-state index in [9.17, 15) is 8.78 Å². The van der Waals surface area contributed by atoms with Gasteiger partial charge in [0.15, 0.2) is 17.6 Å². The quantitative estimate of drug-likeness (QED) is 0.764. The Morgan fingerprint density at radius 3 is 2.76 bits per heavy atom. The number of benzene rings is 1. The summed E-state index contributed by atoms with van der Waals surface area (Å²) >= 11 is 0. The molecular weight excluding hydrogens is 276 g/mol. The molecule has 5 heteroatoms. The van der Waals surface area contributed by atoms with Crippen LogP contribution in [0.2, 0.25) is 0 Å². The van der Waals surface area contributed by atoms with Crippen molar-refractivity contribution in [3.8, 4) is 11.5 Å². The fraction of sp³-hybridized carbons (Fsp3) is 0.312. The summed E-state index contributed by atoms with van der Waals surface area (Å²) in [6, 6.07) is 5.57. The van der Waals surface area contributed by atoms with Gasteiger partial charge in [0.1, 0.15) is 5.83 Å². The SMILES string of the molecule is CCCc1ccc(OC2C=NC(F)=CC(F)=C2)c(OC)c1. The number of aliphatic imine (C=N–C) groups is 1. The highest BCUT2D eigenvalue weighted by atomic mass is 19.1. The summed E-state index contributed by atoms with van der Waals surface area (Å²) in [6.07, 6.45) is 4.23. The summed E-state index contributed by atoms with van der Waals surface area (Å²) in [4.78, 5) is 3.47. The van der Waals surface area contributed by atoms with Gasteiger partial charge in [-0.1, -0.05) is 19.4 Å². The lowest BCUT2D eigenvalue weighted by Crippen LogP contribution is -2.15. The highest BCUT2D eigenvalue weighted by Crippen LogP contribution is 2.30. The Bertz CT molecular complexity index is 594. The van der Waals surface area contributed by atoms with E-state index in [1.807, 2.05) is 12.1 Å². The zero-order valence-corrected chi connectivity index (χ0v) is 12.0. The minimum Gasteiger partial charge on any atom is -0.493 e. The van der Waals surface area contributed by atoms with Crippen molar-refractivity contribution < 1.29 is 18.3 Å². The molecule has 1 aliphatic heterocycles. The Kier molecular flexibility index (Phi) is 5.09. The lowest BCUT2D eigenvalue weighted by Gasteiger charge is -2.15. The Hall–Kier alpha value is -2.17. The first kappa shape index (κ1) is 15.2. The standard InChI is InChI=1S/C16H17F2NO2/c1-3-4-11-5-6-14(15(7-11)20-2)21-13-8-12(17)9-16(18)19-10-13/h5-10,13H,3-4H2,1-2H3. The van der Waals surface area contributed by atoms with Crippen molar-refractivity contribution in [3.05, 3.63) is 47.7 Å². The molecule has 1 unspecified atom stereocenters. The van der Waals surface area contributed by atoms with E-state index in [0.717, 1.165) is 24.5 Å². The number of ether oxygens (including phenoxy) is 2. The highest BCUT2D eigenvalue weighted by Gasteiger charge is 2.14. The maximum absolute atomic E-state index is 13.3. The number of rotatable bonds is 5. The first-order valence-electron chi connectivity index (χ1n) is 6.74. The van der Waals surface area contributed by atoms with E-state index in [0.29, 0.717) is 17.6 Å². The highest BCUT2D eigenvalue weighted by molar-refractivity contribution is 5.69. The van der Waals surface area contributed by atoms with Gasteiger partial charge in [-0.05, 0) is 30.2 Å². The van der Waals surface area contributed by atoms with Gasteiger partial charge in [0.05, 0.1) is 13.3 Å². The molecule has 0 N–H and O–H groups in total. The normalized spacial score (nSPS) is 17.8. The number of hydrogen-bond acceptors (Lipinski definition) is 3. The summed E-state index contributed by atoms with van der Waals surface area (Å²) < 4.78 is 37.2. The average molecular weight is 293 g/mol. The molecule has 2 rings (SSSR count). The van der Waals surface area contributed by atoms with Gasteiger partial charge in [0.25, 0.3) is 0 Å². The van der Waals surface area contributed by atoms with E-state index in [1.54, 1.807) is 6.07 Å². The monoisotopic (exact) mass is 293 g/mol. The second-order valence-corrected chi connectivity index (χ2v) is 4.61. The Morgan fingerprint density at radius 1 is 1.24 bits per heavy atom. The largest absolute Gasteiger partial charge is 0.493 e. The second kappa shape index (κ2) is 7.02. The van der Waals surface area contributed by atoms with E-state index >= 15 is 0 Å². The molecule has 0 fully saturated rings. The van der Waals surface area contributed by atoms with Crippen LogP contribution < -0.4 is 9.47 Å². The molecule has 1 aromatic carbocycles. The third kappa shape index (κ3) is 4.15. The van der Waals surface area contributed by atoms with Crippen LogP contribution in [-0.2, 0) is 6.42 Å². The van der Waals surface area contributed by atoms with E-state index < -0.39 is 17.9 Å². The molecule has 0 bridgehead atoms. The molecule has 0 aliphatic carbocycles. The molecule has 3 nitrogen and oxygen atoms in total. The number of halogens is 2. The molecule has 0 spiro atoms. The molecule has 1 aliphatic rings. The predicted octanol–water partition coefficient (Wildman–Crippen LogP) is 4.14. The number of methoxy groups -OCH3 is 1. The topological polar surface area (TPSA) is 30.8 Å². The molecule has 0 radical (unpaired) electrons. The minimum absolute atomic E-state index is 0.458.